The largest absolute Gasteiger partial charge is 0.462 e. The molecule has 1 fully saturated rings. The van der Waals surface area contributed by atoms with Gasteiger partial charge in [-0.15, -0.1) is 0 Å². The topological polar surface area (TPSA) is 26.3 Å². The Morgan fingerprint density at radius 3 is 2.27 bits per heavy atom. The van der Waals surface area contributed by atoms with Crippen molar-refractivity contribution in [3.8, 4) is 0 Å². The van der Waals surface area contributed by atoms with E-state index < -0.39 is 17.8 Å². The summed E-state index contributed by atoms with van der Waals surface area (Å²) >= 11 is 0. The van der Waals surface area contributed by atoms with Crippen LogP contribution in [0.15, 0.2) is 0 Å². The van der Waals surface area contributed by atoms with E-state index in [0.29, 0.717) is 12.8 Å². The first-order chi connectivity index (χ1) is 7.09. The number of alkyl halides is 2. The summed E-state index contributed by atoms with van der Waals surface area (Å²) in [5, 5.41) is 0. The van der Waals surface area contributed by atoms with Gasteiger partial charge < -0.3 is 4.74 Å². The molecule has 1 saturated carbocycles. The molecule has 0 aromatic carbocycles. The molecular formula is C11H18F2O2. The molecule has 0 bridgehead atoms. The molecule has 0 N–H and O–H groups in total. The van der Waals surface area contributed by atoms with Gasteiger partial charge in [0.05, 0.1) is 6.61 Å². The van der Waals surface area contributed by atoms with Crippen LogP contribution in [-0.2, 0) is 9.53 Å². The van der Waals surface area contributed by atoms with Crippen LogP contribution in [0.4, 0.5) is 8.78 Å². The third-order valence-corrected chi connectivity index (χ3v) is 2.92. The fraction of sp³-hybridized carbons (Fsp3) is 0.909. The zero-order valence-corrected chi connectivity index (χ0v) is 9.10. The quantitative estimate of drug-likeness (QED) is 0.539. The minimum Gasteiger partial charge on any atom is -0.462 e. The molecule has 15 heavy (non-hydrogen) atoms. The lowest BCUT2D eigenvalue weighted by Crippen LogP contribution is -2.38. The number of esters is 1. The molecule has 1 rings (SSSR count). The highest BCUT2D eigenvalue weighted by atomic mass is 19.3. The van der Waals surface area contributed by atoms with Crippen molar-refractivity contribution in [2.24, 2.45) is 5.92 Å². The SMILES string of the molecule is CCOC(=O)C(F)(F)C1CCCCCC1. The number of ether oxygens (including phenoxy) is 1. The lowest BCUT2D eigenvalue weighted by Gasteiger charge is -2.23. The Hall–Kier alpha value is -0.670. The summed E-state index contributed by atoms with van der Waals surface area (Å²) in [5.41, 5.74) is 0. The molecule has 0 radical (unpaired) electrons. The molecule has 0 heterocycles. The summed E-state index contributed by atoms with van der Waals surface area (Å²) in [6, 6.07) is 0. The van der Waals surface area contributed by atoms with Crippen LogP contribution in [0, 0.1) is 5.92 Å². The van der Waals surface area contributed by atoms with Crippen molar-refractivity contribution < 1.29 is 18.3 Å². The van der Waals surface area contributed by atoms with Gasteiger partial charge in [-0.25, -0.2) is 4.79 Å². The molecule has 0 atom stereocenters. The maximum Gasteiger partial charge on any atom is 0.377 e. The lowest BCUT2D eigenvalue weighted by molar-refractivity contribution is -0.180. The Morgan fingerprint density at radius 1 is 1.27 bits per heavy atom. The van der Waals surface area contributed by atoms with E-state index in [-0.39, 0.29) is 6.61 Å². The predicted molar refractivity (Wildman–Crippen MR) is 52.8 cm³/mol. The second kappa shape index (κ2) is 5.42. The van der Waals surface area contributed by atoms with Crippen LogP contribution in [0.25, 0.3) is 0 Å². The smallest absolute Gasteiger partial charge is 0.377 e. The molecular weight excluding hydrogens is 202 g/mol. The zero-order valence-electron chi connectivity index (χ0n) is 9.10. The van der Waals surface area contributed by atoms with Gasteiger partial charge in [-0.1, -0.05) is 25.7 Å². The second-order valence-electron chi connectivity index (χ2n) is 4.03. The van der Waals surface area contributed by atoms with Crippen LogP contribution >= 0.6 is 0 Å². The minimum atomic E-state index is -3.29. The predicted octanol–water partition coefficient (Wildman–Crippen LogP) is 3.16. The number of hydrogen-bond donors (Lipinski definition) is 0. The normalized spacial score (nSPS) is 19.7. The van der Waals surface area contributed by atoms with E-state index in [4.69, 9.17) is 0 Å². The number of halogens is 2. The Labute approximate surface area is 89.0 Å². The first kappa shape index (κ1) is 12.4. The van der Waals surface area contributed by atoms with Crippen LogP contribution in [-0.4, -0.2) is 18.5 Å². The fourth-order valence-corrected chi connectivity index (χ4v) is 2.04. The molecule has 88 valence electrons. The monoisotopic (exact) mass is 220 g/mol. The molecule has 1 aliphatic carbocycles. The lowest BCUT2D eigenvalue weighted by atomic mass is 9.93. The summed E-state index contributed by atoms with van der Waals surface area (Å²) in [7, 11) is 0. The van der Waals surface area contributed by atoms with Gasteiger partial charge in [0.25, 0.3) is 0 Å². The van der Waals surface area contributed by atoms with Crippen molar-refractivity contribution in [3.63, 3.8) is 0 Å². The molecule has 0 aromatic rings. The second-order valence-corrected chi connectivity index (χ2v) is 4.03. The van der Waals surface area contributed by atoms with Crippen molar-refractivity contribution >= 4 is 5.97 Å². The van der Waals surface area contributed by atoms with E-state index in [1.165, 1.54) is 0 Å². The Kier molecular flexibility index (Phi) is 4.48. The highest BCUT2D eigenvalue weighted by Crippen LogP contribution is 2.36. The first-order valence-corrected chi connectivity index (χ1v) is 5.64. The third-order valence-electron chi connectivity index (χ3n) is 2.92. The van der Waals surface area contributed by atoms with Crippen LogP contribution in [0.5, 0.6) is 0 Å². The Morgan fingerprint density at radius 2 is 1.80 bits per heavy atom. The molecule has 0 aromatic heterocycles. The summed E-state index contributed by atoms with van der Waals surface area (Å²) in [5.74, 6) is -5.46. The van der Waals surface area contributed by atoms with Crippen LogP contribution in [0.3, 0.4) is 0 Å². The molecule has 0 aliphatic heterocycles. The highest BCUT2D eigenvalue weighted by molar-refractivity contribution is 5.77. The van der Waals surface area contributed by atoms with Crippen molar-refractivity contribution in [1.29, 1.82) is 0 Å². The van der Waals surface area contributed by atoms with Gasteiger partial charge in [-0.3, -0.25) is 0 Å². The third kappa shape index (κ3) is 3.14. The molecule has 2 nitrogen and oxygen atoms in total. The first-order valence-electron chi connectivity index (χ1n) is 5.64. The summed E-state index contributed by atoms with van der Waals surface area (Å²) in [6.45, 7) is 1.56. The highest BCUT2D eigenvalue weighted by Gasteiger charge is 2.47. The van der Waals surface area contributed by atoms with Crippen molar-refractivity contribution in [3.05, 3.63) is 0 Å². The van der Waals surface area contributed by atoms with E-state index in [9.17, 15) is 13.6 Å². The van der Waals surface area contributed by atoms with Crippen LogP contribution in [0.2, 0.25) is 0 Å². The molecule has 0 saturated heterocycles. The Bertz CT molecular complexity index is 209. The van der Waals surface area contributed by atoms with Gasteiger partial charge in [0, 0.05) is 5.92 Å². The summed E-state index contributed by atoms with van der Waals surface area (Å²) in [4.78, 5) is 11.1. The maximum absolute atomic E-state index is 13.6. The van der Waals surface area contributed by atoms with Gasteiger partial charge in [0.1, 0.15) is 0 Å². The molecule has 1 aliphatic rings. The molecule has 0 amide bonds. The molecule has 0 spiro atoms. The fourth-order valence-electron chi connectivity index (χ4n) is 2.04. The molecule has 4 heteroatoms. The number of hydrogen-bond acceptors (Lipinski definition) is 2. The number of carbonyl (C=O) groups excluding carboxylic acids is 1. The number of rotatable bonds is 3. The van der Waals surface area contributed by atoms with Gasteiger partial charge in [0.15, 0.2) is 0 Å². The summed E-state index contributed by atoms with van der Waals surface area (Å²) in [6.07, 6.45) is 4.45. The van der Waals surface area contributed by atoms with Gasteiger partial charge >= 0.3 is 11.9 Å². The van der Waals surface area contributed by atoms with Crippen LogP contribution < -0.4 is 0 Å². The van der Waals surface area contributed by atoms with Crippen LogP contribution in [0.1, 0.15) is 45.4 Å². The average molecular weight is 220 g/mol. The van der Waals surface area contributed by atoms with E-state index in [0.717, 1.165) is 25.7 Å². The van der Waals surface area contributed by atoms with Crippen molar-refractivity contribution in [2.45, 2.75) is 51.4 Å². The standard InChI is InChI=1S/C11H18F2O2/c1-2-15-10(14)11(12,13)9-7-5-3-4-6-8-9/h9H,2-8H2,1H3. The molecule has 0 unspecified atom stereocenters. The maximum atomic E-state index is 13.6. The van der Waals surface area contributed by atoms with E-state index >= 15 is 0 Å². The summed E-state index contributed by atoms with van der Waals surface area (Å²) < 4.78 is 31.6. The average Bonchev–Trinajstić information content (AvgIpc) is 2.46. The van der Waals surface area contributed by atoms with Gasteiger partial charge in [-0.05, 0) is 19.8 Å². The van der Waals surface area contributed by atoms with E-state index in [1.807, 2.05) is 0 Å². The Balaban J connectivity index is 2.60. The van der Waals surface area contributed by atoms with Gasteiger partial charge in [0.2, 0.25) is 0 Å². The van der Waals surface area contributed by atoms with E-state index in [2.05, 4.69) is 4.74 Å². The van der Waals surface area contributed by atoms with Crippen molar-refractivity contribution in [2.75, 3.05) is 6.61 Å². The number of carbonyl (C=O) groups is 1. The van der Waals surface area contributed by atoms with E-state index in [1.54, 1.807) is 6.92 Å². The van der Waals surface area contributed by atoms with Gasteiger partial charge in [-0.2, -0.15) is 8.78 Å². The zero-order chi connectivity index (χ0) is 11.3. The minimum absolute atomic E-state index is 0.0150. The van der Waals surface area contributed by atoms with Crippen molar-refractivity contribution in [1.82, 2.24) is 0 Å².